The Morgan fingerprint density at radius 3 is 1.46 bits per heavy atom. The molecule has 0 rings (SSSR count). The second-order valence-corrected chi connectivity index (χ2v) is 17.5. The Kier molecular flexibility index (Phi) is 36.1. The van der Waals surface area contributed by atoms with E-state index in [2.05, 4.69) is 38.2 Å². The van der Waals surface area contributed by atoms with Crippen LogP contribution in [-0.4, -0.2) is 74.9 Å². The highest BCUT2D eigenvalue weighted by molar-refractivity contribution is 7.47. The van der Waals surface area contributed by atoms with Crippen LogP contribution >= 0.6 is 7.82 Å². The predicted molar refractivity (Wildman–Crippen MR) is 224 cm³/mol. The number of esters is 2. The molecule has 0 amide bonds. The van der Waals surface area contributed by atoms with Crippen LogP contribution in [0.1, 0.15) is 194 Å². The summed E-state index contributed by atoms with van der Waals surface area (Å²) in [7, 11) is 1.47. The van der Waals surface area contributed by atoms with Crippen LogP contribution < -0.4 is 0 Å². The first-order valence-electron chi connectivity index (χ1n) is 22.1. The molecule has 0 saturated carbocycles. The van der Waals surface area contributed by atoms with Crippen molar-refractivity contribution in [2.24, 2.45) is 0 Å². The number of phosphoric acid groups is 1. The van der Waals surface area contributed by atoms with Crippen molar-refractivity contribution in [2.45, 2.75) is 200 Å². The van der Waals surface area contributed by atoms with Crippen molar-refractivity contribution in [3.8, 4) is 0 Å². The fourth-order valence-electron chi connectivity index (χ4n) is 5.93. The van der Waals surface area contributed by atoms with Crippen LogP contribution in [0.25, 0.3) is 0 Å². The molecule has 0 radical (unpaired) electrons. The van der Waals surface area contributed by atoms with E-state index in [0.29, 0.717) is 17.4 Å². The summed E-state index contributed by atoms with van der Waals surface area (Å²) >= 11 is 0. The zero-order valence-corrected chi connectivity index (χ0v) is 36.6. The number of unbranched alkanes of at least 4 members (excludes halogenated alkanes) is 22. The van der Waals surface area contributed by atoms with Gasteiger partial charge in [-0.3, -0.25) is 18.6 Å². The summed E-state index contributed by atoms with van der Waals surface area (Å²) in [6.45, 7) is 4.38. The highest BCUT2D eigenvalue weighted by Gasteiger charge is 2.27. The molecular weight excluding hydrogens is 701 g/mol. The summed E-state index contributed by atoms with van der Waals surface area (Å²) in [6.07, 6.45) is 39.4. The van der Waals surface area contributed by atoms with E-state index in [1.54, 1.807) is 0 Å². The Morgan fingerprint density at radius 2 is 0.963 bits per heavy atom. The highest BCUT2D eigenvalue weighted by atomic mass is 31.2. The molecule has 0 aliphatic rings. The van der Waals surface area contributed by atoms with Crippen molar-refractivity contribution in [3.63, 3.8) is 0 Å². The third-order valence-corrected chi connectivity index (χ3v) is 10.4. The van der Waals surface area contributed by atoms with Gasteiger partial charge in [-0.05, 0) is 57.8 Å². The van der Waals surface area contributed by atoms with E-state index in [4.69, 9.17) is 18.5 Å². The van der Waals surface area contributed by atoms with Crippen molar-refractivity contribution >= 4 is 19.8 Å². The molecule has 0 aromatic carbocycles. The quantitative estimate of drug-likeness (QED) is 0.0215. The smallest absolute Gasteiger partial charge is 0.462 e. The van der Waals surface area contributed by atoms with Gasteiger partial charge >= 0.3 is 19.8 Å². The van der Waals surface area contributed by atoms with Gasteiger partial charge in [0, 0.05) is 12.8 Å². The minimum Gasteiger partial charge on any atom is -0.462 e. The van der Waals surface area contributed by atoms with Gasteiger partial charge in [-0.2, -0.15) is 0 Å². The van der Waals surface area contributed by atoms with Gasteiger partial charge in [-0.15, -0.1) is 0 Å². The average Bonchev–Trinajstić information content (AvgIpc) is 3.12. The lowest BCUT2D eigenvalue weighted by atomic mass is 10.1. The third-order valence-electron chi connectivity index (χ3n) is 9.45. The topological polar surface area (TPSA) is 108 Å². The molecule has 1 N–H and O–H groups in total. The van der Waals surface area contributed by atoms with E-state index in [0.717, 1.165) is 38.5 Å². The van der Waals surface area contributed by atoms with E-state index in [9.17, 15) is 19.0 Å². The fraction of sp³-hybridized carbons (Fsp3) is 0.864. The normalized spacial score (nSPS) is 13.8. The number of hydrogen-bond acceptors (Lipinski definition) is 7. The van der Waals surface area contributed by atoms with Crippen molar-refractivity contribution < 1.29 is 42.1 Å². The van der Waals surface area contributed by atoms with Gasteiger partial charge in [0.1, 0.15) is 19.8 Å². The number of carbonyl (C=O) groups excluding carboxylic acids is 2. The Labute approximate surface area is 332 Å². The summed E-state index contributed by atoms with van der Waals surface area (Å²) in [4.78, 5) is 35.3. The second-order valence-electron chi connectivity index (χ2n) is 16.1. The molecule has 0 aromatic rings. The molecule has 2 atom stereocenters. The number of likely N-dealkylation sites (N-methyl/N-ethyl adjacent to an activating group) is 1. The first-order chi connectivity index (χ1) is 26.0. The molecule has 0 aliphatic heterocycles. The first kappa shape index (κ1) is 52.5. The van der Waals surface area contributed by atoms with Crippen LogP contribution in [0.2, 0.25) is 0 Å². The lowest BCUT2D eigenvalue weighted by Crippen LogP contribution is -2.37. The third kappa shape index (κ3) is 40.2. The number of hydrogen-bond donors (Lipinski definition) is 1. The number of rotatable bonds is 40. The molecule has 0 heterocycles. The number of phosphoric ester groups is 1. The lowest BCUT2D eigenvalue weighted by molar-refractivity contribution is -0.870. The minimum absolute atomic E-state index is 0.0292. The molecule has 54 heavy (non-hydrogen) atoms. The van der Waals surface area contributed by atoms with Gasteiger partial charge in [-0.25, -0.2) is 4.57 Å². The van der Waals surface area contributed by atoms with E-state index < -0.39 is 26.5 Å². The van der Waals surface area contributed by atoms with Crippen LogP contribution in [0.4, 0.5) is 0 Å². The molecule has 0 aromatic heterocycles. The van der Waals surface area contributed by atoms with Crippen LogP contribution in [0.5, 0.6) is 0 Å². The number of ether oxygens (including phenoxy) is 2. The fourth-order valence-corrected chi connectivity index (χ4v) is 6.67. The summed E-state index contributed by atoms with van der Waals surface area (Å²) in [6, 6.07) is 0. The molecule has 10 heteroatoms. The summed E-state index contributed by atoms with van der Waals surface area (Å²) < 4.78 is 34.3. The first-order valence-corrected chi connectivity index (χ1v) is 23.6. The Bertz CT molecular complexity index is 980. The lowest BCUT2D eigenvalue weighted by Gasteiger charge is -2.24. The molecule has 318 valence electrons. The maximum Gasteiger partial charge on any atom is 0.472 e. The summed E-state index contributed by atoms with van der Waals surface area (Å²) in [5, 5.41) is 0. The van der Waals surface area contributed by atoms with Crippen LogP contribution in [-0.2, 0) is 32.7 Å². The van der Waals surface area contributed by atoms with Crippen LogP contribution in [0, 0.1) is 0 Å². The molecular formula is C44H85NO8P+. The summed E-state index contributed by atoms with van der Waals surface area (Å²) in [5.74, 6) is -0.823. The number of allylic oxidation sites excluding steroid dienone is 4. The zero-order chi connectivity index (χ0) is 40.0. The molecule has 0 fully saturated rings. The molecule has 0 aliphatic carbocycles. The second kappa shape index (κ2) is 37.1. The average molecular weight is 787 g/mol. The van der Waals surface area contributed by atoms with Gasteiger partial charge < -0.3 is 18.9 Å². The Hall–Kier alpha value is -1.51. The zero-order valence-electron chi connectivity index (χ0n) is 35.7. The number of quaternary nitrogens is 1. The molecule has 0 saturated heterocycles. The van der Waals surface area contributed by atoms with Gasteiger partial charge in [0.25, 0.3) is 0 Å². The highest BCUT2D eigenvalue weighted by Crippen LogP contribution is 2.43. The van der Waals surface area contributed by atoms with Crippen molar-refractivity contribution in [2.75, 3.05) is 47.5 Å². The maximum absolute atomic E-state index is 12.7. The number of nitrogens with zero attached hydrogens (tertiary/aromatic N) is 1. The van der Waals surface area contributed by atoms with E-state index >= 15 is 0 Å². The maximum atomic E-state index is 12.7. The summed E-state index contributed by atoms with van der Waals surface area (Å²) in [5.41, 5.74) is 0. The van der Waals surface area contributed by atoms with Crippen LogP contribution in [0.15, 0.2) is 24.3 Å². The van der Waals surface area contributed by atoms with Gasteiger partial charge in [0.15, 0.2) is 6.10 Å². The Morgan fingerprint density at radius 1 is 0.556 bits per heavy atom. The van der Waals surface area contributed by atoms with Crippen molar-refractivity contribution in [1.29, 1.82) is 0 Å². The molecule has 0 bridgehead atoms. The monoisotopic (exact) mass is 787 g/mol. The minimum atomic E-state index is -4.38. The van der Waals surface area contributed by atoms with Crippen LogP contribution in [0.3, 0.4) is 0 Å². The SMILES string of the molecule is CCCC/C=C/CCCCCCCCCCCC(=O)OC[C@H](COP(=O)(O)OCC[N+](C)(C)C)OC(=O)CCCC/C=C/CCCCCCCCCCC. The molecule has 0 spiro atoms. The predicted octanol–water partition coefficient (Wildman–Crippen LogP) is 12.4. The van der Waals surface area contributed by atoms with Gasteiger partial charge in [-0.1, -0.05) is 147 Å². The molecule has 9 nitrogen and oxygen atoms in total. The van der Waals surface area contributed by atoms with Gasteiger partial charge in [0.2, 0.25) is 0 Å². The van der Waals surface area contributed by atoms with E-state index in [1.165, 1.54) is 122 Å². The van der Waals surface area contributed by atoms with Crippen molar-refractivity contribution in [3.05, 3.63) is 24.3 Å². The van der Waals surface area contributed by atoms with E-state index in [-0.39, 0.29) is 32.0 Å². The molecule has 1 unspecified atom stereocenters. The van der Waals surface area contributed by atoms with Gasteiger partial charge in [0.05, 0.1) is 27.7 Å². The standard InChI is InChI=1S/C44H84NO8P/c1-6-8-10-12-14-16-18-20-22-24-26-28-30-32-34-36-43(46)50-40-42(41-52-54(48,49)51-39-38-45(3,4)5)53-44(47)37-35-33-31-29-27-25-23-21-19-17-15-13-11-9-7-2/h12,14,27,29,42H,6-11,13,15-26,28,30-41H2,1-5H3/p+1/b14-12+,29-27+/t42-/m1/s1. The largest absolute Gasteiger partial charge is 0.472 e. The van der Waals surface area contributed by atoms with Crippen molar-refractivity contribution in [1.82, 2.24) is 0 Å². The van der Waals surface area contributed by atoms with E-state index in [1.807, 2.05) is 21.1 Å². The Balaban J connectivity index is 4.37. The number of carbonyl (C=O) groups is 2.